The lowest BCUT2D eigenvalue weighted by Crippen LogP contribution is -2.48. The molecule has 174 valence electrons. The van der Waals surface area contributed by atoms with Crippen LogP contribution in [0, 0.1) is 23.7 Å². The summed E-state index contributed by atoms with van der Waals surface area (Å²) in [5.41, 5.74) is 5.20. The minimum absolute atomic E-state index is 0.132. The molecule has 0 bridgehead atoms. The van der Waals surface area contributed by atoms with E-state index in [2.05, 4.69) is 5.43 Å². The van der Waals surface area contributed by atoms with Gasteiger partial charge in [0, 0.05) is 18.8 Å². The molecule has 2 aromatic carbocycles. The van der Waals surface area contributed by atoms with E-state index in [1.54, 1.807) is 13.3 Å². The van der Waals surface area contributed by atoms with Crippen LogP contribution in [-0.4, -0.2) is 36.1 Å². The van der Waals surface area contributed by atoms with Gasteiger partial charge in [0.05, 0.1) is 13.7 Å². The van der Waals surface area contributed by atoms with Crippen molar-refractivity contribution in [3.63, 3.8) is 0 Å². The molecule has 33 heavy (non-hydrogen) atoms. The molecule has 2 aliphatic carbocycles. The van der Waals surface area contributed by atoms with Gasteiger partial charge < -0.3 is 9.84 Å². The maximum atomic E-state index is 12.7. The summed E-state index contributed by atoms with van der Waals surface area (Å²) < 4.78 is 5.44. The first-order valence-electron chi connectivity index (χ1n) is 11.7. The van der Waals surface area contributed by atoms with Crippen LogP contribution in [0.5, 0.6) is 5.75 Å². The van der Waals surface area contributed by atoms with E-state index in [1.807, 2.05) is 72.7 Å². The van der Waals surface area contributed by atoms with Crippen LogP contribution in [0.4, 0.5) is 0 Å². The molecule has 6 nitrogen and oxygen atoms in total. The minimum atomic E-state index is -0.795. The van der Waals surface area contributed by atoms with Crippen LogP contribution in [-0.2, 0) is 11.3 Å². The zero-order valence-corrected chi connectivity index (χ0v) is 19.4. The maximum Gasteiger partial charge on any atom is 0.314 e. The number of benzene rings is 2. The number of carboxylic acid groups (broad SMARTS) is 1. The molecular formula is C27H33N3O3. The number of hydrogen-bond donors (Lipinski definition) is 2. The second kappa shape index (κ2) is 10.7. The van der Waals surface area contributed by atoms with Gasteiger partial charge in [0.25, 0.3) is 0 Å². The van der Waals surface area contributed by atoms with E-state index in [9.17, 15) is 9.90 Å². The molecule has 2 fully saturated rings. The Balaban J connectivity index is 1.70. The van der Waals surface area contributed by atoms with Gasteiger partial charge >= 0.3 is 5.97 Å². The lowest BCUT2D eigenvalue weighted by Gasteiger charge is -2.32. The summed E-state index contributed by atoms with van der Waals surface area (Å²) in [4.78, 5) is 17.5. The fourth-order valence-electron chi connectivity index (χ4n) is 4.70. The molecule has 0 amide bonds. The van der Waals surface area contributed by atoms with Crippen molar-refractivity contribution in [2.45, 2.75) is 32.2 Å². The highest BCUT2D eigenvalue weighted by atomic mass is 16.5. The average Bonchev–Trinajstić information content (AvgIpc) is 3.75. The molecule has 1 unspecified atom stereocenters. The van der Waals surface area contributed by atoms with E-state index in [0.717, 1.165) is 42.6 Å². The number of carbonyl (C=O) groups is 1. The SMILES string of the molecule is CNN(Cc1ccccc1)/C(=N\C=C\c1ccccc1OC)C(C(=O)O)C(C1CC1)C1CC1. The minimum Gasteiger partial charge on any atom is -0.496 e. The molecule has 2 aromatic rings. The van der Waals surface area contributed by atoms with E-state index in [1.165, 1.54) is 0 Å². The van der Waals surface area contributed by atoms with Gasteiger partial charge in [-0.1, -0.05) is 48.5 Å². The van der Waals surface area contributed by atoms with Gasteiger partial charge in [0.2, 0.25) is 0 Å². The molecule has 0 spiro atoms. The fourth-order valence-corrected chi connectivity index (χ4v) is 4.70. The van der Waals surface area contributed by atoms with Crippen LogP contribution in [0.25, 0.3) is 6.08 Å². The summed E-state index contributed by atoms with van der Waals surface area (Å²) in [5.74, 6) is 0.968. The second-order valence-electron chi connectivity index (χ2n) is 8.91. The van der Waals surface area contributed by atoms with Gasteiger partial charge in [0.15, 0.2) is 0 Å². The van der Waals surface area contributed by atoms with Crippen molar-refractivity contribution in [3.8, 4) is 5.75 Å². The Morgan fingerprint density at radius 2 is 1.76 bits per heavy atom. The first-order valence-corrected chi connectivity index (χ1v) is 11.7. The smallest absolute Gasteiger partial charge is 0.314 e. The molecule has 0 heterocycles. The topological polar surface area (TPSA) is 74.2 Å². The number of hydrazine groups is 1. The third-order valence-corrected chi connectivity index (χ3v) is 6.59. The highest BCUT2D eigenvalue weighted by Crippen LogP contribution is 2.53. The number of ether oxygens (including phenoxy) is 1. The molecule has 6 heteroatoms. The van der Waals surface area contributed by atoms with Gasteiger partial charge in [-0.05, 0) is 61.1 Å². The predicted octanol–water partition coefficient (Wildman–Crippen LogP) is 4.84. The van der Waals surface area contributed by atoms with E-state index >= 15 is 0 Å². The van der Waals surface area contributed by atoms with Crippen molar-refractivity contribution in [3.05, 3.63) is 71.9 Å². The Kier molecular flexibility index (Phi) is 7.45. The monoisotopic (exact) mass is 447 g/mol. The van der Waals surface area contributed by atoms with Crippen molar-refractivity contribution in [2.24, 2.45) is 28.7 Å². The summed E-state index contributed by atoms with van der Waals surface area (Å²) in [6.07, 6.45) is 8.05. The van der Waals surface area contributed by atoms with Crippen LogP contribution in [0.3, 0.4) is 0 Å². The van der Waals surface area contributed by atoms with Crippen molar-refractivity contribution in [2.75, 3.05) is 14.2 Å². The zero-order valence-electron chi connectivity index (χ0n) is 19.4. The maximum absolute atomic E-state index is 12.7. The molecule has 0 radical (unpaired) electrons. The van der Waals surface area contributed by atoms with E-state index < -0.39 is 11.9 Å². The van der Waals surface area contributed by atoms with E-state index in [4.69, 9.17) is 9.73 Å². The van der Waals surface area contributed by atoms with E-state index in [-0.39, 0.29) is 5.92 Å². The Labute approximate surface area is 196 Å². The van der Waals surface area contributed by atoms with Gasteiger partial charge in [-0.25, -0.2) is 10.4 Å². The summed E-state index contributed by atoms with van der Waals surface area (Å²) in [5, 5.41) is 12.3. The third kappa shape index (κ3) is 5.82. The molecule has 1 atom stereocenters. The van der Waals surface area contributed by atoms with Crippen LogP contribution >= 0.6 is 0 Å². The Bertz CT molecular complexity index is 985. The second-order valence-corrected chi connectivity index (χ2v) is 8.91. The van der Waals surface area contributed by atoms with Crippen LogP contribution in [0.1, 0.15) is 36.8 Å². The standard InChI is InChI=1S/C27H33N3O3/c1-28-30(18-19-8-4-3-5-9-19)26(29-17-16-20-10-6-7-11-23(20)33-2)25(27(31)32)24(21-12-13-21)22-14-15-22/h3-11,16-17,21-22,24-25,28H,12-15,18H2,1-2H3,(H,31,32)/b17-16+,29-26-. The number of nitrogens with one attached hydrogen (secondary N) is 1. The van der Waals surface area contributed by atoms with Crippen molar-refractivity contribution in [1.82, 2.24) is 10.4 Å². The molecule has 2 aliphatic rings. The van der Waals surface area contributed by atoms with Crippen molar-refractivity contribution in [1.29, 1.82) is 0 Å². The fraction of sp³-hybridized carbons (Fsp3) is 0.407. The molecular weight excluding hydrogens is 414 g/mol. The lowest BCUT2D eigenvalue weighted by atomic mass is 9.82. The van der Waals surface area contributed by atoms with Crippen LogP contribution in [0.2, 0.25) is 0 Å². The lowest BCUT2D eigenvalue weighted by molar-refractivity contribution is -0.141. The van der Waals surface area contributed by atoms with Crippen molar-refractivity contribution >= 4 is 17.9 Å². The number of carboxylic acids is 1. The first kappa shape index (κ1) is 23.1. The number of rotatable bonds is 11. The summed E-state index contributed by atoms with van der Waals surface area (Å²) in [6.45, 7) is 0.532. The predicted molar refractivity (Wildman–Crippen MR) is 131 cm³/mol. The number of aliphatic imine (C=N–C) groups is 1. The number of nitrogens with zero attached hydrogens (tertiary/aromatic N) is 2. The Morgan fingerprint density at radius 1 is 1.12 bits per heavy atom. The molecule has 2 N–H and O–H groups in total. The summed E-state index contributed by atoms with van der Waals surface area (Å²) >= 11 is 0. The van der Waals surface area contributed by atoms with Crippen molar-refractivity contribution < 1.29 is 14.6 Å². The molecule has 0 aromatic heterocycles. The quantitative estimate of drug-likeness (QED) is 0.293. The summed E-state index contributed by atoms with van der Waals surface area (Å²) in [6, 6.07) is 17.8. The van der Waals surface area contributed by atoms with E-state index in [0.29, 0.717) is 24.2 Å². The molecule has 2 saturated carbocycles. The molecule has 0 aliphatic heterocycles. The zero-order chi connectivity index (χ0) is 23.2. The number of aliphatic carboxylic acids is 1. The van der Waals surface area contributed by atoms with Gasteiger partial charge in [0.1, 0.15) is 17.5 Å². The molecule has 0 saturated heterocycles. The number of amidine groups is 1. The largest absolute Gasteiger partial charge is 0.496 e. The van der Waals surface area contributed by atoms with Crippen LogP contribution < -0.4 is 10.2 Å². The third-order valence-electron chi connectivity index (χ3n) is 6.59. The van der Waals surface area contributed by atoms with Gasteiger partial charge in [-0.15, -0.1) is 0 Å². The Morgan fingerprint density at radius 3 is 2.33 bits per heavy atom. The number of para-hydroxylation sites is 1. The van der Waals surface area contributed by atoms with Gasteiger partial charge in [-0.2, -0.15) is 0 Å². The summed E-state index contributed by atoms with van der Waals surface area (Å²) in [7, 11) is 3.46. The molecule has 4 rings (SSSR count). The number of hydrogen-bond acceptors (Lipinski definition) is 4. The highest BCUT2D eigenvalue weighted by Gasteiger charge is 2.50. The number of methoxy groups -OCH3 is 1. The van der Waals surface area contributed by atoms with Gasteiger partial charge in [-0.3, -0.25) is 9.80 Å². The Hall–Kier alpha value is -3.12. The highest BCUT2D eigenvalue weighted by molar-refractivity contribution is 6.01. The average molecular weight is 448 g/mol. The first-order chi connectivity index (χ1) is 16.1. The normalized spacial score (nSPS) is 17.4. The van der Waals surface area contributed by atoms with Crippen LogP contribution in [0.15, 0.2) is 65.8 Å².